The third-order valence-electron chi connectivity index (χ3n) is 6.09. The molecule has 174 valence electrons. The molecule has 9 nitrogen and oxygen atoms in total. The predicted molar refractivity (Wildman–Crippen MR) is 116 cm³/mol. The molecule has 0 bridgehead atoms. The minimum atomic E-state index is -3.90. The number of aromatic nitrogens is 1. The standard InChI is InChI=1S/C22H29N3O6S/c26-17-11-24-32(29,30)21-4-2-1-3-20(21)31-15-22(9-18(27)19(28)10-22)14-25(13-17)12-16-5-7-23-8-6-16/h1-8,17-19,24,26-28H,9-15H2/t17-,18-,19+,22?/m0/s1. The van der Waals surface area contributed by atoms with Gasteiger partial charge in [0.15, 0.2) is 0 Å². The molecule has 32 heavy (non-hydrogen) atoms. The average Bonchev–Trinajstić information content (AvgIpc) is 3.04. The molecule has 4 rings (SSSR count). The molecule has 4 atom stereocenters. The van der Waals surface area contributed by atoms with Crippen molar-refractivity contribution >= 4 is 10.0 Å². The number of fused-ring (bicyclic) bond motifs is 1. The Labute approximate surface area is 187 Å². The van der Waals surface area contributed by atoms with Crippen LogP contribution in [-0.2, 0) is 16.6 Å². The molecule has 1 aromatic carbocycles. The Bertz CT molecular complexity index is 1010. The number of rotatable bonds is 2. The Morgan fingerprint density at radius 3 is 2.50 bits per heavy atom. The third-order valence-corrected chi connectivity index (χ3v) is 7.56. The molecule has 2 aromatic rings. The first-order valence-corrected chi connectivity index (χ1v) is 12.1. The Morgan fingerprint density at radius 2 is 1.78 bits per heavy atom. The third kappa shape index (κ3) is 5.28. The second-order valence-electron chi connectivity index (χ2n) is 8.81. The highest BCUT2D eigenvalue weighted by Gasteiger charge is 2.46. The fourth-order valence-corrected chi connectivity index (χ4v) is 5.83. The highest BCUT2D eigenvalue weighted by molar-refractivity contribution is 7.89. The van der Waals surface area contributed by atoms with Crippen LogP contribution in [0.15, 0.2) is 53.7 Å². The minimum absolute atomic E-state index is 0.00402. The molecule has 2 heterocycles. The zero-order valence-electron chi connectivity index (χ0n) is 17.7. The predicted octanol–water partition coefficient (Wildman–Crippen LogP) is 0.117. The van der Waals surface area contributed by atoms with Crippen LogP contribution in [0.4, 0.5) is 0 Å². The number of aliphatic hydroxyl groups excluding tert-OH is 3. The van der Waals surface area contributed by atoms with Crippen LogP contribution in [0, 0.1) is 5.41 Å². The first-order valence-electron chi connectivity index (χ1n) is 10.6. The molecule has 0 saturated heterocycles. The smallest absolute Gasteiger partial charge is 0.244 e. The van der Waals surface area contributed by atoms with E-state index in [1.807, 2.05) is 17.0 Å². The van der Waals surface area contributed by atoms with Crippen molar-refractivity contribution in [1.29, 1.82) is 0 Å². The van der Waals surface area contributed by atoms with E-state index in [1.165, 1.54) is 6.07 Å². The second-order valence-corrected chi connectivity index (χ2v) is 10.5. The molecular weight excluding hydrogens is 434 g/mol. The van der Waals surface area contributed by atoms with Crippen molar-refractivity contribution in [2.75, 3.05) is 26.2 Å². The van der Waals surface area contributed by atoms with Crippen LogP contribution in [0.25, 0.3) is 0 Å². The number of hydrogen-bond donors (Lipinski definition) is 4. The number of nitrogens with one attached hydrogen (secondary N) is 1. The summed E-state index contributed by atoms with van der Waals surface area (Å²) in [5, 5.41) is 31.3. The van der Waals surface area contributed by atoms with E-state index in [0.717, 1.165) is 5.56 Å². The van der Waals surface area contributed by atoms with Crippen molar-refractivity contribution < 1.29 is 28.5 Å². The summed E-state index contributed by atoms with van der Waals surface area (Å²) in [5.41, 5.74) is 0.370. The lowest BCUT2D eigenvalue weighted by Crippen LogP contribution is -2.46. The van der Waals surface area contributed by atoms with Crippen molar-refractivity contribution in [3.63, 3.8) is 0 Å². The molecule has 1 aliphatic carbocycles. The summed E-state index contributed by atoms with van der Waals surface area (Å²) in [6, 6.07) is 10.1. The van der Waals surface area contributed by atoms with Crippen molar-refractivity contribution in [3.8, 4) is 5.75 Å². The zero-order chi connectivity index (χ0) is 22.8. The first-order chi connectivity index (χ1) is 15.3. The lowest BCUT2D eigenvalue weighted by atomic mass is 9.85. The fraction of sp³-hybridized carbons (Fsp3) is 0.500. The molecule has 1 spiro atoms. The minimum Gasteiger partial charge on any atom is -0.492 e. The van der Waals surface area contributed by atoms with Gasteiger partial charge in [-0.15, -0.1) is 0 Å². The molecule has 1 aliphatic heterocycles. The summed E-state index contributed by atoms with van der Waals surface area (Å²) in [7, 11) is -3.90. The van der Waals surface area contributed by atoms with Gasteiger partial charge in [-0.2, -0.15) is 0 Å². The molecule has 1 saturated carbocycles. The molecule has 4 N–H and O–H groups in total. The normalized spacial score (nSPS) is 31.3. The Kier molecular flexibility index (Phi) is 6.80. The number of aliphatic hydroxyl groups is 3. The van der Waals surface area contributed by atoms with E-state index in [9.17, 15) is 23.7 Å². The lowest BCUT2D eigenvalue weighted by Gasteiger charge is -2.37. The Hall–Kier alpha value is -2.08. The number of para-hydroxylation sites is 1. The second kappa shape index (κ2) is 9.42. The molecule has 2 aliphatic rings. The van der Waals surface area contributed by atoms with Crippen molar-refractivity contribution in [1.82, 2.24) is 14.6 Å². The van der Waals surface area contributed by atoms with Gasteiger partial charge in [0.2, 0.25) is 10.0 Å². The van der Waals surface area contributed by atoms with E-state index in [0.29, 0.717) is 25.9 Å². The summed E-state index contributed by atoms with van der Waals surface area (Å²) >= 11 is 0. The molecular formula is C22H29N3O6S. The molecule has 0 amide bonds. The quantitative estimate of drug-likeness (QED) is 0.494. The number of pyridine rings is 1. The van der Waals surface area contributed by atoms with E-state index in [-0.39, 0.29) is 30.3 Å². The summed E-state index contributed by atoms with van der Waals surface area (Å²) < 4.78 is 34.2. The van der Waals surface area contributed by atoms with Crippen LogP contribution in [0.1, 0.15) is 18.4 Å². The Morgan fingerprint density at radius 1 is 1.09 bits per heavy atom. The maximum Gasteiger partial charge on any atom is 0.244 e. The van der Waals surface area contributed by atoms with Gasteiger partial charge in [0, 0.05) is 44.0 Å². The van der Waals surface area contributed by atoms with Crippen molar-refractivity contribution in [2.24, 2.45) is 5.41 Å². The van der Waals surface area contributed by atoms with Crippen molar-refractivity contribution in [2.45, 2.75) is 42.6 Å². The van der Waals surface area contributed by atoms with Crippen LogP contribution < -0.4 is 9.46 Å². The number of ether oxygens (including phenoxy) is 1. The van der Waals surface area contributed by atoms with Gasteiger partial charge in [0.25, 0.3) is 0 Å². The van der Waals surface area contributed by atoms with Gasteiger partial charge in [-0.25, -0.2) is 13.1 Å². The van der Waals surface area contributed by atoms with Crippen LogP contribution in [0.5, 0.6) is 5.75 Å². The van der Waals surface area contributed by atoms with Gasteiger partial charge in [-0.05, 0) is 42.7 Å². The fourth-order valence-electron chi connectivity index (χ4n) is 4.61. The van der Waals surface area contributed by atoms with Gasteiger partial charge < -0.3 is 20.1 Å². The van der Waals surface area contributed by atoms with Gasteiger partial charge >= 0.3 is 0 Å². The summed E-state index contributed by atoms with van der Waals surface area (Å²) in [5.74, 6) is 0.200. The van der Waals surface area contributed by atoms with Crippen LogP contribution in [0.3, 0.4) is 0 Å². The molecule has 10 heteroatoms. The number of β-amino-alcohol motifs (C(OH)–C–C–N with tert-alkyl or cyclic N) is 1. The van der Waals surface area contributed by atoms with Crippen LogP contribution >= 0.6 is 0 Å². The lowest BCUT2D eigenvalue weighted by molar-refractivity contribution is 0.0427. The summed E-state index contributed by atoms with van der Waals surface area (Å²) in [4.78, 5) is 6.04. The molecule has 1 fully saturated rings. The first kappa shape index (κ1) is 23.1. The van der Waals surface area contributed by atoms with Gasteiger partial charge in [0.1, 0.15) is 10.6 Å². The van der Waals surface area contributed by atoms with E-state index < -0.39 is 33.8 Å². The number of nitrogens with zero attached hydrogens (tertiary/aromatic N) is 2. The van der Waals surface area contributed by atoms with Crippen molar-refractivity contribution in [3.05, 3.63) is 54.4 Å². The topological polar surface area (TPSA) is 132 Å². The zero-order valence-corrected chi connectivity index (χ0v) is 18.5. The summed E-state index contributed by atoms with van der Waals surface area (Å²) in [6.07, 6.45) is 1.27. The average molecular weight is 464 g/mol. The molecule has 1 aromatic heterocycles. The number of hydrogen-bond acceptors (Lipinski definition) is 8. The molecule has 0 radical (unpaired) electrons. The highest BCUT2D eigenvalue weighted by Crippen LogP contribution is 2.41. The number of sulfonamides is 1. The highest BCUT2D eigenvalue weighted by atomic mass is 32.2. The van der Waals surface area contributed by atoms with Gasteiger partial charge in [-0.3, -0.25) is 9.88 Å². The van der Waals surface area contributed by atoms with E-state index in [2.05, 4.69) is 9.71 Å². The SMILES string of the molecule is O=S1(=O)NC[C@H](O)CN(Cc2ccncc2)CC2(COc3ccccc31)C[C@@H](O)[C@@H](O)C2. The summed E-state index contributed by atoms with van der Waals surface area (Å²) in [6.45, 7) is 1.13. The van der Waals surface area contributed by atoms with E-state index in [1.54, 1.807) is 30.6 Å². The number of benzene rings is 1. The molecule has 1 unspecified atom stereocenters. The maximum atomic E-state index is 12.8. The van der Waals surface area contributed by atoms with Gasteiger partial charge in [-0.1, -0.05) is 12.1 Å². The van der Waals surface area contributed by atoms with Crippen LogP contribution in [-0.4, -0.2) is 78.2 Å². The Balaban J connectivity index is 1.68. The maximum absolute atomic E-state index is 12.8. The largest absolute Gasteiger partial charge is 0.492 e. The monoisotopic (exact) mass is 463 g/mol. The van der Waals surface area contributed by atoms with E-state index in [4.69, 9.17) is 4.74 Å². The van der Waals surface area contributed by atoms with Crippen LogP contribution in [0.2, 0.25) is 0 Å². The van der Waals surface area contributed by atoms with Gasteiger partial charge in [0.05, 0.1) is 24.9 Å². The van der Waals surface area contributed by atoms with E-state index >= 15 is 0 Å².